The third kappa shape index (κ3) is 7.21. The summed E-state index contributed by atoms with van der Waals surface area (Å²) in [6, 6.07) is 19.9. The highest BCUT2D eigenvalue weighted by atomic mass is 32.2. The van der Waals surface area contributed by atoms with Crippen molar-refractivity contribution in [1.29, 1.82) is 0 Å². The van der Waals surface area contributed by atoms with Crippen LogP contribution in [0.5, 0.6) is 11.5 Å². The molecule has 0 radical (unpaired) electrons. The van der Waals surface area contributed by atoms with Crippen LogP contribution in [0.4, 0.5) is 10.1 Å². The summed E-state index contributed by atoms with van der Waals surface area (Å²) in [5.41, 5.74) is 1.98. The fraction of sp³-hybridized carbons (Fsp3) is 0.240. The minimum absolute atomic E-state index is 0.224. The number of carbonyl (C=O) groups is 1. The third-order valence-corrected chi connectivity index (χ3v) is 5.98. The Bertz CT molecular complexity index is 1200. The topological polar surface area (TPSA) is 84.9 Å². The van der Waals surface area contributed by atoms with Gasteiger partial charge in [-0.25, -0.2) is 12.8 Å². The lowest BCUT2D eigenvalue weighted by atomic mass is 10.2. The standard InChI is InChI=1S/C25H27FN2O5S/c1-3-32-24-7-5-4-6-23(24)28(34(2,30)31)17-25(29)27-16-19-10-14-22(15-11-19)33-18-20-8-12-21(26)13-9-20/h4-15H,3,16-18H2,1-2H3,(H,27,29). The Morgan fingerprint density at radius 2 is 1.59 bits per heavy atom. The molecule has 0 heterocycles. The first-order chi connectivity index (χ1) is 16.3. The first-order valence-corrected chi connectivity index (χ1v) is 12.5. The van der Waals surface area contributed by atoms with Gasteiger partial charge in [-0.1, -0.05) is 36.4 Å². The number of rotatable bonds is 11. The van der Waals surface area contributed by atoms with E-state index in [0.29, 0.717) is 30.4 Å². The predicted molar refractivity (Wildman–Crippen MR) is 129 cm³/mol. The monoisotopic (exact) mass is 486 g/mol. The Labute approximate surface area is 199 Å². The van der Waals surface area contributed by atoms with Gasteiger partial charge in [0.25, 0.3) is 0 Å². The summed E-state index contributed by atoms with van der Waals surface area (Å²) < 4.78 is 50.0. The van der Waals surface area contributed by atoms with E-state index >= 15 is 0 Å². The van der Waals surface area contributed by atoms with E-state index in [9.17, 15) is 17.6 Å². The molecule has 0 spiro atoms. The van der Waals surface area contributed by atoms with Crippen molar-refractivity contribution in [3.05, 3.63) is 89.7 Å². The highest BCUT2D eigenvalue weighted by Gasteiger charge is 2.23. The van der Waals surface area contributed by atoms with Crippen LogP contribution in [0.1, 0.15) is 18.1 Å². The fourth-order valence-electron chi connectivity index (χ4n) is 3.16. The number of benzene rings is 3. The Morgan fingerprint density at radius 3 is 2.24 bits per heavy atom. The van der Waals surface area contributed by atoms with Gasteiger partial charge in [0.1, 0.15) is 30.5 Å². The molecule has 1 N–H and O–H groups in total. The summed E-state index contributed by atoms with van der Waals surface area (Å²) in [6.45, 7) is 2.32. The zero-order valence-electron chi connectivity index (χ0n) is 19.0. The molecular weight excluding hydrogens is 459 g/mol. The van der Waals surface area contributed by atoms with E-state index in [1.807, 2.05) is 0 Å². The number of nitrogens with one attached hydrogen (secondary N) is 1. The molecule has 0 aromatic heterocycles. The highest BCUT2D eigenvalue weighted by molar-refractivity contribution is 7.92. The minimum Gasteiger partial charge on any atom is -0.492 e. The maximum absolute atomic E-state index is 13.0. The van der Waals surface area contributed by atoms with Gasteiger partial charge in [-0.2, -0.15) is 0 Å². The molecule has 7 nitrogen and oxygen atoms in total. The number of hydrogen-bond donors (Lipinski definition) is 1. The molecule has 9 heteroatoms. The summed E-state index contributed by atoms with van der Waals surface area (Å²) in [7, 11) is -3.72. The van der Waals surface area contributed by atoms with Crippen LogP contribution in [0.15, 0.2) is 72.8 Å². The molecular formula is C25H27FN2O5S. The smallest absolute Gasteiger partial charge is 0.241 e. The average molecular weight is 487 g/mol. The van der Waals surface area contributed by atoms with Crippen molar-refractivity contribution in [3.63, 3.8) is 0 Å². The number of carbonyl (C=O) groups excluding carboxylic acids is 1. The number of anilines is 1. The van der Waals surface area contributed by atoms with Crippen molar-refractivity contribution < 1.29 is 27.1 Å². The van der Waals surface area contributed by atoms with Crippen LogP contribution >= 0.6 is 0 Å². The molecule has 0 atom stereocenters. The van der Waals surface area contributed by atoms with Gasteiger partial charge < -0.3 is 14.8 Å². The van der Waals surface area contributed by atoms with Crippen molar-refractivity contribution >= 4 is 21.6 Å². The SMILES string of the molecule is CCOc1ccccc1N(CC(=O)NCc1ccc(OCc2ccc(F)cc2)cc1)S(C)(=O)=O. The van der Waals surface area contributed by atoms with Gasteiger partial charge in [0.05, 0.1) is 18.6 Å². The summed E-state index contributed by atoms with van der Waals surface area (Å²) >= 11 is 0. The molecule has 0 unspecified atom stereocenters. The lowest BCUT2D eigenvalue weighted by molar-refractivity contribution is -0.119. The van der Waals surface area contributed by atoms with E-state index in [1.165, 1.54) is 12.1 Å². The van der Waals surface area contributed by atoms with Crippen molar-refractivity contribution in [2.45, 2.75) is 20.1 Å². The van der Waals surface area contributed by atoms with E-state index in [1.54, 1.807) is 67.6 Å². The van der Waals surface area contributed by atoms with Crippen LogP contribution in [-0.4, -0.2) is 33.7 Å². The van der Waals surface area contributed by atoms with Crippen LogP contribution in [0, 0.1) is 5.82 Å². The summed E-state index contributed by atoms with van der Waals surface area (Å²) in [4.78, 5) is 12.6. The Kier molecular flexibility index (Phi) is 8.48. The lowest BCUT2D eigenvalue weighted by Gasteiger charge is -2.24. The normalized spacial score (nSPS) is 11.0. The highest BCUT2D eigenvalue weighted by Crippen LogP contribution is 2.29. The van der Waals surface area contributed by atoms with Gasteiger partial charge in [-0.3, -0.25) is 9.10 Å². The van der Waals surface area contributed by atoms with Gasteiger partial charge in [0, 0.05) is 6.54 Å². The summed E-state index contributed by atoms with van der Waals surface area (Å²) in [5, 5.41) is 2.74. The second-order valence-corrected chi connectivity index (χ2v) is 9.41. The van der Waals surface area contributed by atoms with Gasteiger partial charge >= 0.3 is 0 Å². The molecule has 0 aliphatic heterocycles. The van der Waals surface area contributed by atoms with E-state index in [0.717, 1.165) is 21.7 Å². The number of para-hydroxylation sites is 2. The van der Waals surface area contributed by atoms with Gasteiger partial charge in [-0.15, -0.1) is 0 Å². The fourth-order valence-corrected chi connectivity index (χ4v) is 4.02. The molecule has 3 aromatic carbocycles. The Balaban J connectivity index is 1.57. The van der Waals surface area contributed by atoms with Crippen LogP contribution in [0.3, 0.4) is 0 Å². The second kappa shape index (κ2) is 11.5. The Hall–Kier alpha value is -3.59. The van der Waals surface area contributed by atoms with Crippen LogP contribution in [0.2, 0.25) is 0 Å². The predicted octanol–water partition coefficient (Wildman–Crippen LogP) is 3.89. The maximum atomic E-state index is 13.0. The molecule has 0 saturated carbocycles. The van der Waals surface area contributed by atoms with Crippen LogP contribution in [-0.2, 0) is 28.0 Å². The molecule has 180 valence electrons. The largest absolute Gasteiger partial charge is 0.492 e. The zero-order valence-corrected chi connectivity index (χ0v) is 19.8. The van der Waals surface area contributed by atoms with E-state index < -0.39 is 15.9 Å². The Morgan fingerprint density at radius 1 is 0.941 bits per heavy atom. The van der Waals surface area contributed by atoms with E-state index in [4.69, 9.17) is 9.47 Å². The van der Waals surface area contributed by atoms with Gasteiger partial charge in [0.2, 0.25) is 15.9 Å². The molecule has 0 saturated heterocycles. The summed E-state index contributed by atoms with van der Waals surface area (Å²) in [6.07, 6.45) is 1.05. The summed E-state index contributed by atoms with van der Waals surface area (Å²) in [5.74, 6) is 0.274. The number of amides is 1. The molecule has 3 rings (SSSR count). The lowest BCUT2D eigenvalue weighted by Crippen LogP contribution is -2.40. The quantitative estimate of drug-likeness (QED) is 0.445. The molecule has 34 heavy (non-hydrogen) atoms. The van der Waals surface area contributed by atoms with Crippen LogP contribution < -0.4 is 19.1 Å². The van der Waals surface area contributed by atoms with Crippen molar-refractivity contribution in [2.75, 3.05) is 23.7 Å². The number of halogens is 1. The van der Waals surface area contributed by atoms with Crippen molar-refractivity contribution in [3.8, 4) is 11.5 Å². The number of sulfonamides is 1. The van der Waals surface area contributed by atoms with Crippen molar-refractivity contribution in [1.82, 2.24) is 5.32 Å². The first kappa shape index (κ1) is 25.0. The minimum atomic E-state index is -3.72. The van der Waals surface area contributed by atoms with Crippen molar-refractivity contribution in [2.24, 2.45) is 0 Å². The zero-order chi connectivity index (χ0) is 24.6. The third-order valence-electron chi connectivity index (χ3n) is 4.85. The van der Waals surface area contributed by atoms with Gasteiger partial charge in [-0.05, 0) is 54.4 Å². The maximum Gasteiger partial charge on any atom is 0.241 e. The first-order valence-electron chi connectivity index (χ1n) is 10.7. The molecule has 0 aliphatic rings. The number of ether oxygens (including phenoxy) is 2. The van der Waals surface area contributed by atoms with E-state index in [-0.39, 0.29) is 18.9 Å². The van der Waals surface area contributed by atoms with Crippen LogP contribution in [0.25, 0.3) is 0 Å². The van der Waals surface area contributed by atoms with Gasteiger partial charge in [0.15, 0.2) is 0 Å². The second-order valence-electron chi connectivity index (χ2n) is 7.51. The molecule has 0 fully saturated rings. The number of hydrogen-bond acceptors (Lipinski definition) is 5. The molecule has 0 bridgehead atoms. The average Bonchev–Trinajstić information content (AvgIpc) is 2.81. The van der Waals surface area contributed by atoms with E-state index in [2.05, 4.69) is 5.32 Å². The molecule has 1 amide bonds. The molecule has 0 aliphatic carbocycles. The number of nitrogens with zero attached hydrogens (tertiary/aromatic N) is 1. The molecule has 3 aromatic rings.